The number of nitrogens with two attached hydrogens (primary N) is 2. The Bertz CT molecular complexity index is 753. The summed E-state index contributed by atoms with van der Waals surface area (Å²) in [6.07, 6.45) is 0.807. The Morgan fingerprint density at radius 3 is 2.86 bits per heavy atom. The molecule has 1 aliphatic rings. The van der Waals surface area contributed by atoms with Crippen LogP contribution in [-0.2, 0) is 6.54 Å². The predicted octanol–water partition coefficient (Wildman–Crippen LogP) is 0.425. The number of carbonyl (C=O) groups is 1. The standard InChI is InChI=1S/C15H17N3O3/c16-7-11-6-13(19)12-5-9(1-2-14(12)21-11)15(20)18-4-3-10(17)8-18/h1-2,5-6,10H,3-4,7-8,16-17H2. The Kier molecular flexibility index (Phi) is 3.48. The van der Waals surface area contributed by atoms with E-state index in [1.807, 2.05) is 0 Å². The van der Waals surface area contributed by atoms with E-state index in [9.17, 15) is 9.59 Å². The summed E-state index contributed by atoms with van der Waals surface area (Å²) in [6, 6.07) is 6.28. The molecular weight excluding hydrogens is 270 g/mol. The molecule has 6 nitrogen and oxygen atoms in total. The number of likely N-dealkylation sites (tertiary alicyclic amines) is 1. The molecule has 2 aromatic rings. The zero-order valence-corrected chi connectivity index (χ0v) is 11.5. The molecule has 0 spiro atoms. The van der Waals surface area contributed by atoms with Gasteiger partial charge >= 0.3 is 0 Å². The number of benzene rings is 1. The minimum Gasteiger partial charge on any atom is -0.459 e. The van der Waals surface area contributed by atoms with Gasteiger partial charge in [0.25, 0.3) is 5.91 Å². The van der Waals surface area contributed by atoms with Gasteiger partial charge in [-0.2, -0.15) is 0 Å². The Morgan fingerprint density at radius 2 is 2.19 bits per heavy atom. The van der Waals surface area contributed by atoms with E-state index in [1.165, 1.54) is 6.07 Å². The van der Waals surface area contributed by atoms with Crippen LogP contribution in [0.4, 0.5) is 0 Å². The first-order valence-electron chi connectivity index (χ1n) is 6.90. The average Bonchev–Trinajstić information content (AvgIpc) is 2.92. The van der Waals surface area contributed by atoms with Gasteiger partial charge in [0, 0.05) is 30.8 Å². The Morgan fingerprint density at radius 1 is 1.38 bits per heavy atom. The minimum absolute atomic E-state index is 0.0339. The SMILES string of the molecule is NCc1cc(=O)c2cc(C(=O)N3CCC(N)C3)ccc2o1. The molecule has 1 aromatic carbocycles. The van der Waals surface area contributed by atoms with Crippen molar-refractivity contribution >= 4 is 16.9 Å². The maximum Gasteiger partial charge on any atom is 0.253 e. The Labute approximate surface area is 121 Å². The molecule has 1 aliphatic heterocycles. The third kappa shape index (κ3) is 2.55. The second-order valence-electron chi connectivity index (χ2n) is 5.29. The number of nitrogens with zero attached hydrogens (tertiary/aromatic N) is 1. The van der Waals surface area contributed by atoms with Crippen molar-refractivity contribution in [2.75, 3.05) is 13.1 Å². The van der Waals surface area contributed by atoms with Crippen molar-refractivity contribution in [3.63, 3.8) is 0 Å². The van der Waals surface area contributed by atoms with Crippen molar-refractivity contribution in [1.82, 2.24) is 4.90 Å². The predicted molar refractivity (Wildman–Crippen MR) is 78.9 cm³/mol. The van der Waals surface area contributed by atoms with Crippen molar-refractivity contribution in [2.45, 2.75) is 19.0 Å². The number of hydrogen-bond donors (Lipinski definition) is 2. The van der Waals surface area contributed by atoms with Gasteiger partial charge < -0.3 is 20.8 Å². The zero-order chi connectivity index (χ0) is 15.0. The molecule has 0 aliphatic carbocycles. The van der Waals surface area contributed by atoms with Crippen LogP contribution in [0.15, 0.2) is 33.5 Å². The molecule has 1 fully saturated rings. The van der Waals surface area contributed by atoms with E-state index in [1.54, 1.807) is 23.1 Å². The van der Waals surface area contributed by atoms with E-state index in [0.717, 1.165) is 6.42 Å². The summed E-state index contributed by atoms with van der Waals surface area (Å²) in [6.45, 7) is 1.37. The van der Waals surface area contributed by atoms with E-state index < -0.39 is 0 Å². The number of fused-ring (bicyclic) bond motifs is 1. The molecule has 6 heteroatoms. The van der Waals surface area contributed by atoms with Crippen molar-refractivity contribution in [2.24, 2.45) is 11.5 Å². The quantitative estimate of drug-likeness (QED) is 0.833. The summed E-state index contributed by atoms with van der Waals surface area (Å²) >= 11 is 0. The van der Waals surface area contributed by atoms with Crippen LogP contribution < -0.4 is 16.9 Å². The number of amides is 1. The molecule has 4 N–H and O–H groups in total. The fourth-order valence-electron chi connectivity index (χ4n) is 2.59. The van der Waals surface area contributed by atoms with Gasteiger partial charge in [0.1, 0.15) is 11.3 Å². The van der Waals surface area contributed by atoms with Gasteiger partial charge in [-0.3, -0.25) is 9.59 Å². The van der Waals surface area contributed by atoms with Crippen LogP contribution in [0, 0.1) is 0 Å². The molecule has 2 heterocycles. The maximum atomic E-state index is 12.4. The molecule has 21 heavy (non-hydrogen) atoms. The summed E-state index contributed by atoms with van der Waals surface area (Å²) in [5.41, 5.74) is 12.0. The molecule has 1 aromatic heterocycles. The highest BCUT2D eigenvalue weighted by Gasteiger charge is 2.24. The molecule has 1 unspecified atom stereocenters. The Balaban J connectivity index is 1.99. The van der Waals surface area contributed by atoms with Crippen LogP contribution in [-0.4, -0.2) is 29.9 Å². The maximum absolute atomic E-state index is 12.4. The average molecular weight is 287 g/mol. The van der Waals surface area contributed by atoms with Crippen LogP contribution in [0.3, 0.4) is 0 Å². The first-order chi connectivity index (χ1) is 10.1. The lowest BCUT2D eigenvalue weighted by molar-refractivity contribution is 0.0791. The van der Waals surface area contributed by atoms with E-state index >= 15 is 0 Å². The van der Waals surface area contributed by atoms with Gasteiger partial charge in [0.2, 0.25) is 0 Å². The van der Waals surface area contributed by atoms with E-state index in [0.29, 0.717) is 35.4 Å². The summed E-state index contributed by atoms with van der Waals surface area (Å²) in [5.74, 6) is 0.323. The highest BCUT2D eigenvalue weighted by molar-refractivity contribution is 5.97. The van der Waals surface area contributed by atoms with E-state index in [2.05, 4.69) is 0 Å². The summed E-state index contributed by atoms with van der Waals surface area (Å²) < 4.78 is 5.50. The number of rotatable bonds is 2. The monoisotopic (exact) mass is 287 g/mol. The van der Waals surface area contributed by atoms with Gasteiger partial charge in [0.05, 0.1) is 11.9 Å². The highest BCUT2D eigenvalue weighted by atomic mass is 16.3. The molecular formula is C15H17N3O3. The van der Waals surface area contributed by atoms with Crippen LogP contribution >= 0.6 is 0 Å². The number of hydrogen-bond acceptors (Lipinski definition) is 5. The van der Waals surface area contributed by atoms with E-state index in [-0.39, 0.29) is 23.9 Å². The fourth-order valence-corrected chi connectivity index (χ4v) is 2.59. The largest absolute Gasteiger partial charge is 0.459 e. The van der Waals surface area contributed by atoms with Gasteiger partial charge in [-0.1, -0.05) is 0 Å². The lowest BCUT2D eigenvalue weighted by Crippen LogP contribution is -2.31. The van der Waals surface area contributed by atoms with Gasteiger partial charge in [-0.15, -0.1) is 0 Å². The van der Waals surface area contributed by atoms with E-state index in [4.69, 9.17) is 15.9 Å². The van der Waals surface area contributed by atoms with Crippen molar-refractivity contribution in [3.8, 4) is 0 Å². The van der Waals surface area contributed by atoms with Crippen LogP contribution in [0.25, 0.3) is 11.0 Å². The molecule has 1 atom stereocenters. The molecule has 1 saturated heterocycles. The Hall–Kier alpha value is -2.18. The second kappa shape index (κ2) is 5.31. The topological polar surface area (TPSA) is 103 Å². The van der Waals surface area contributed by atoms with Gasteiger partial charge in [-0.05, 0) is 24.6 Å². The molecule has 110 valence electrons. The summed E-state index contributed by atoms with van der Waals surface area (Å²) in [7, 11) is 0. The van der Waals surface area contributed by atoms with Gasteiger partial charge in [-0.25, -0.2) is 0 Å². The molecule has 1 amide bonds. The fraction of sp³-hybridized carbons (Fsp3) is 0.333. The molecule has 0 bridgehead atoms. The highest BCUT2D eigenvalue weighted by Crippen LogP contribution is 2.18. The lowest BCUT2D eigenvalue weighted by Gasteiger charge is -2.15. The van der Waals surface area contributed by atoms with Gasteiger partial charge in [0.15, 0.2) is 5.43 Å². The second-order valence-corrected chi connectivity index (χ2v) is 5.29. The van der Waals surface area contributed by atoms with Crippen LogP contribution in [0.2, 0.25) is 0 Å². The molecule has 0 saturated carbocycles. The molecule has 0 radical (unpaired) electrons. The van der Waals surface area contributed by atoms with Crippen LogP contribution in [0.1, 0.15) is 22.5 Å². The molecule has 3 rings (SSSR count). The minimum atomic E-state index is -0.190. The first-order valence-corrected chi connectivity index (χ1v) is 6.90. The summed E-state index contributed by atoms with van der Waals surface area (Å²) in [4.78, 5) is 26.1. The third-order valence-corrected chi connectivity index (χ3v) is 3.74. The number of carbonyl (C=O) groups excluding carboxylic acids is 1. The normalized spacial score (nSPS) is 18.4. The van der Waals surface area contributed by atoms with Crippen molar-refractivity contribution < 1.29 is 9.21 Å². The van der Waals surface area contributed by atoms with Crippen molar-refractivity contribution in [3.05, 3.63) is 45.8 Å². The summed E-state index contributed by atoms with van der Waals surface area (Å²) in [5, 5.41) is 0.390. The zero-order valence-electron chi connectivity index (χ0n) is 11.5. The van der Waals surface area contributed by atoms with Crippen LogP contribution in [0.5, 0.6) is 0 Å². The third-order valence-electron chi connectivity index (χ3n) is 3.74. The smallest absolute Gasteiger partial charge is 0.253 e. The lowest BCUT2D eigenvalue weighted by atomic mass is 10.1. The van der Waals surface area contributed by atoms with Crippen molar-refractivity contribution in [1.29, 1.82) is 0 Å². The first kappa shape index (κ1) is 13.8.